The largest absolute Gasteiger partial charge is 0.497 e. The maximum atomic E-state index is 5.84. The first kappa shape index (κ1) is 17.4. The zero-order chi connectivity index (χ0) is 16.9. The first-order valence-corrected chi connectivity index (χ1v) is 9.09. The number of methoxy groups -OCH3 is 1. The Morgan fingerprint density at radius 3 is 3.08 bits per heavy atom. The number of thiazole rings is 1. The van der Waals surface area contributed by atoms with Gasteiger partial charge in [-0.15, -0.1) is 11.3 Å². The standard InChI is InChI=1S/C18H25N3O2S/c1-20(2)11-17-12-21(7-8-23-17)10-15-13-24-18(19-15)14-5-4-6-16(9-14)22-3/h4-6,9,13,17H,7-8,10-12H2,1-3H3/t17-/m0/s1. The minimum Gasteiger partial charge on any atom is -0.497 e. The third-order valence-electron chi connectivity index (χ3n) is 4.05. The minimum atomic E-state index is 0.283. The molecule has 0 amide bonds. The van der Waals surface area contributed by atoms with Crippen molar-refractivity contribution in [2.45, 2.75) is 12.6 Å². The number of benzene rings is 1. The summed E-state index contributed by atoms with van der Waals surface area (Å²) in [6, 6.07) is 8.07. The number of aromatic nitrogens is 1. The molecule has 1 aliphatic heterocycles. The zero-order valence-electron chi connectivity index (χ0n) is 14.6. The molecule has 0 saturated carbocycles. The molecule has 1 fully saturated rings. The average molecular weight is 347 g/mol. The zero-order valence-corrected chi connectivity index (χ0v) is 15.4. The Hall–Kier alpha value is -1.47. The van der Waals surface area contributed by atoms with Gasteiger partial charge in [-0.1, -0.05) is 12.1 Å². The van der Waals surface area contributed by atoms with E-state index in [0.717, 1.165) is 54.8 Å². The van der Waals surface area contributed by atoms with Gasteiger partial charge in [0, 0.05) is 37.1 Å². The van der Waals surface area contributed by atoms with E-state index in [0.29, 0.717) is 0 Å². The lowest BCUT2D eigenvalue weighted by Crippen LogP contribution is -2.46. The second-order valence-corrected chi connectivity index (χ2v) is 7.22. The van der Waals surface area contributed by atoms with Gasteiger partial charge in [-0.05, 0) is 26.2 Å². The smallest absolute Gasteiger partial charge is 0.123 e. The summed E-state index contributed by atoms with van der Waals surface area (Å²) in [6.07, 6.45) is 0.283. The van der Waals surface area contributed by atoms with Crippen LogP contribution in [-0.4, -0.2) is 68.3 Å². The van der Waals surface area contributed by atoms with Crippen molar-refractivity contribution in [1.29, 1.82) is 0 Å². The summed E-state index contributed by atoms with van der Waals surface area (Å²) in [5, 5.41) is 3.20. The maximum Gasteiger partial charge on any atom is 0.123 e. The van der Waals surface area contributed by atoms with Crippen LogP contribution in [0.4, 0.5) is 0 Å². The molecule has 1 aliphatic rings. The number of rotatable bonds is 6. The number of nitrogens with zero attached hydrogens (tertiary/aromatic N) is 3. The molecule has 3 rings (SSSR count). The highest BCUT2D eigenvalue weighted by molar-refractivity contribution is 7.13. The molecule has 2 heterocycles. The van der Waals surface area contributed by atoms with Crippen LogP contribution in [0.25, 0.3) is 10.6 Å². The van der Waals surface area contributed by atoms with Crippen molar-refractivity contribution in [2.24, 2.45) is 0 Å². The molecule has 5 nitrogen and oxygen atoms in total. The summed E-state index contributed by atoms with van der Waals surface area (Å²) in [7, 11) is 5.86. The van der Waals surface area contributed by atoms with Crippen LogP contribution < -0.4 is 4.74 Å². The van der Waals surface area contributed by atoms with Gasteiger partial charge in [0.2, 0.25) is 0 Å². The van der Waals surface area contributed by atoms with Crippen molar-refractivity contribution >= 4 is 11.3 Å². The summed E-state index contributed by atoms with van der Waals surface area (Å²) in [5.74, 6) is 0.865. The first-order valence-electron chi connectivity index (χ1n) is 8.21. The molecule has 1 atom stereocenters. The summed E-state index contributed by atoms with van der Waals surface area (Å²) >= 11 is 1.69. The first-order chi connectivity index (χ1) is 11.6. The van der Waals surface area contributed by atoms with Crippen LogP contribution in [0.2, 0.25) is 0 Å². The summed E-state index contributed by atoms with van der Waals surface area (Å²) in [6.45, 7) is 4.57. The van der Waals surface area contributed by atoms with Gasteiger partial charge in [-0.2, -0.15) is 0 Å². The molecule has 0 radical (unpaired) electrons. The van der Waals surface area contributed by atoms with E-state index in [1.165, 1.54) is 0 Å². The SMILES string of the molecule is COc1cccc(-c2nc(CN3CCO[C@@H](CN(C)C)C3)cs2)c1. The quantitative estimate of drug-likeness (QED) is 0.803. The van der Waals surface area contributed by atoms with Crippen molar-refractivity contribution in [1.82, 2.24) is 14.8 Å². The molecular weight excluding hydrogens is 322 g/mol. The van der Waals surface area contributed by atoms with E-state index in [1.54, 1.807) is 18.4 Å². The molecule has 1 aromatic carbocycles. The van der Waals surface area contributed by atoms with E-state index < -0.39 is 0 Å². The topological polar surface area (TPSA) is 37.8 Å². The fourth-order valence-corrected chi connectivity index (χ4v) is 3.75. The third-order valence-corrected chi connectivity index (χ3v) is 4.99. The molecule has 2 aromatic rings. The van der Waals surface area contributed by atoms with E-state index in [-0.39, 0.29) is 6.10 Å². The summed E-state index contributed by atoms with van der Waals surface area (Å²) < 4.78 is 11.1. The Morgan fingerprint density at radius 1 is 1.42 bits per heavy atom. The van der Waals surface area contributed by atoms with Gasteiger partial charge in [0.25, 0.3) is 0 Å². The number of likely N-dealkylation sites (N-methyl/N-ethyl adjacent to an activating group) is 1. The van der Waals surface area contributed by atoms with Gasteiger partial charge < -0.3 is 14.4 Å². The van der Waals surface area contributed by atoms with Gasteiger partial charge in [-0.25, -0.2) is 4.98 Å². The van der Waals surface area contributed by atoms with E-state index in [2.05, 4.69) is 35.3 Å². The van der Waals surface area contributed by atoms with Crippen LogP contribution in [0, 0.1) is 0 Å². The lowest BCUT2D eigenvalue weighted by Gasteiger charge is -2.33. The Morgan fingerprint density at radius 2 is 2.29 bits per heavy atom. The fraction of sp³-hybridized carbons (Fsp3) is 0.500. The van der Waals surface area contributed by atoms with Crippen LogP contribution in [-0.2, 0) is 11.3 Å². The minimum absolute atomic E-state index is 0.283. The van der Waals surface area contributed by atoms with Gasteiger partial charge in [0.05, 0.1) is 25.5 Å². The molecule has 0 N–H and O–H groups in total. The molecule has 0 unspecified atom stereocenters. The Labute approximate surface area is 147 Å². The summed E-state index contributed by atoms with van der Waals surface area (Å²) in [4.78, 5) is 9.42. The van der Waals surface area contributed by atoms with E-state index in [1.807, 2.05) is 18.2 Å². The lowest BCUT2D eigenvalue weighted by atomic mass is 10.2. The van der Waals surface area contributed by atoms with Crippen LogP contribution in [0.1, 0.15) is 5.69 Å². The van der Waals surface area contributed by atoms with Gasteiger partial charge in [0.15, 0.2) is 0 Å². The number of hydrogen-bond donors (Lipinski definition) is 0. The van der Waals surface area contributed by atoms with Gasteiger partial charge in [-0.3, -0.25) is 4.90 Å². The third kappa shape index (κ3) is 4.54. The number of ether oxygens (including phenoxy) is 2. The molecule has 0 spiro atoms. The highest BCUT2D eigenvalue weighted by atomic mass is 32.1. The van der Waals surface area contributed by atoms with Crippen molar-refractivity contribution in [3.8, 4) is 16.3 Å². The molecule has 130 valence electrons. The van der Waals surface area contributed by atoms with Gasteiger partial charge in [0.1, 0.15) is 10.8 Å². The van der Waals surface area contributed by atoms with Gasteiger partial charge >= 0.3 is 0 Å². The molecule has 0 bridgehead atoms. The average Bonchev–Trinajstić information content (AvgIpc) is 3.03. The Balaban J connectivity index is 1.63. The second-order valence-electron chi connectivity index (χ2n) is 6.37. The normalized spacial score (nSPS) is 18.9. The molecule has 1 aromatic heterocycles. The second kappa shape index (κ2) is 8.07. The van der Waals surface area contributed by atoms with Crippen molar-refractivity contribution in [2.75, 3.05) is 47.4 Å². The van der Waals surface area contributed by atoms with E-state index >= 15 is 0 Å². The van der Waals surface area contributed by atoms with Crippen molar-refractivity contribution in [3.63, 3.8) is 0 Å². The number of hydrogen-bond acceptors (Lipinski definition) is 6. The molecule has 1 saturated heterocycles. The van der Waals surface area contributed by atoms with Crippen LogP contribution in [0.3, 0.4) is 0 Å². The fourth-order valence-electron chi connectivity index (χ4n) is 2.94. The molecule has 0 aliphatic carbocycles. The maximum absolute atomic E-state index is 5.84. The Bertz CT molecular complexity index is 659. The summed E-state index contributed by atoms with van der Waals surface area (Å²) in [5.41, 5.74) is 2.24. The Kier molecular flexibility index (Phi) is 5.84. The highest BCUT2D eigenvalue weighted by Gasteiger charge is 2.21. The van der Waals surface area contributed by atoms with Crippen LogP contribution in [0.5, 0.6) is 5.75 Å². The van der Waals surface area contributed by atoms with Crippen LogP contribution in [0.15, 0.2) is 29.6 Å². The molecule has 6 heteroatoms. The highest BCUT2D eigenvalue weighted by Crippen LogP contribution is 2.27. The monoisotopic (exact) mass is 347 g/mol. The molecule has 24 heavy (non-hydrogen) atoms. The number of morpholine rings is 1. The van der Waals surface area contributed by atoms with Crippen molar-refractivity contribution in [3.05, 3.63) is 35.3 Å². The van der Waals surface area contributed by atoms with Crippen molar-refractivity contribution < 1.29 is 9.47 Å². The van der Waals surface area contributed by atoms with Crippen LogP contribution >= 0.6 is 11.3 Å². The van der Waals surface area contributed by atoms with E-state index in [9.17, 15) is 0 Å². The van der Waals surface area contributed by atoms with E-state index in [4.69, 9.17) is 14.5 Å². The lowest BCUT2D eigenvalue weighted by molar-refractivity contribution is -0.0409. The molecular formula is C18H25N3O2S. The predicted octanol–water partition coefficient (Wildman–Crippen LogP) is 2.58. The predicted molar refractivity (Wildman–Crippen MR) is 97.7 cm³/mol.